The van der Waals surface area contributed by atoms with Gasteiger partial charge in [-0.1, -0.05) is 90.9 Å². The minimum atomic E-state index is 0. The molecule has 4 radical (unpaired) electrons. The molecular weight excluding hydrogens is 352 g/mol. The highest BCUT2D eigenvalue weighted by molar-refractivity contribution is 6.08. The second-order valence-electron chi connectivity index (χ2n) is 5.30. The van der Waals surface area contributed by atoms with Crippen molar-refractivity contribution in [2.24, 2.45) is 11.8 Å². The zero-order valence-corrected chi connectivity index (χ0v) is 19.4. The van der Waals surface area contributed by atoms with Crippen molar-refractivity contribution < 1.29 is 0 Å². The average molecular weight is 390 g/mol. The van der Waals surface area contributed by atoms with Crippen molar-refractivity contribution in [2.45, 2.75) is 89.6 Å². The Morgan fingerprint density at radius 2 is 0.905 bits per heavy atom. The number of halogens is 3. The van der Waals surface area contributed by atoms with Gasteiger partial charge in [0.15, 0.2) is 0 Å². The van der Waals surface area contributed by atoms with Crippen molar-refractivity contribution in [3.63, 3.8) is 0 Å². The molecule has 0 heterocycles. The maximum atomic E-state index is 2.83. The van der Waals surface area contributed by atoms with Crippen molar-refractivity contribution in [3.05, 3.63) is 0 Å². The van der Waals surface area contributed by atoms with Gasteiger partial charge in [-0.2, -0.15) is 0 Å². The van der Waals surface area contributed by atoms with Gasteiger partial charge in [0.05, 0.1) is 0 Å². The second kappa shape index (κ2) is 29.9. The smallest absolute Gasteiger partial charge is 0.118 e. The van der Waals surface area contributed by atoms with Gasteiger partial charge in [0.2, 0.25) is 0 Å². The molecule has 0 fully saturated rings. The molecule has 5 heteroatoms. The summed E-state index contributed by atoms with van der Waals surface area (Å²) in [7, 11) is 0. The maximum absolute atomic E-state index is 2.83. The number of rotatable bonds is 10. The largest absolute Gasteiger partial charge is 0.147 e. The van der Waals surface area contributed by atoms with Crippen molar-refractivity contribution >= 4 is 69.8 Å². The van der Waals surface area contributed by atoms with E-state index in [1.165, 1.54) is 61.9 Å². The van der Waals surface area contributed by atoms with Crippen molar-refractivity contribution in [3.8, 4) is 0 Å². The Labute approximate surface area is 170 Å². The van der Waals surface area contributed by atoms with Gasteiger partial charge in [0, 0.05) is 0 Å². The van der Waals surface area contributed by atoms with Crippen LogP contribution in [-0.4, -0.2) is 32.6 Å². The third-order valence-corrected chi connectivity index (χ3v) is 5.09. The minimum absolute atomic E-state index is 0. The molecule has 0 saturated carbocycles. The normalized spacial score (nSPS) is 11.6. The van der Waals surface area contributed by atoms with E-state index >= 15 is 0 Å². The molecule has 0 aliphatic rings. The van der Waals surface area contributed by atoms with Crippen LogP contribution in [0.5, 0.6) is 0 Å². The van der Waals surface area contributed by atoms with Gasteiger partial charge in [-0.3, -0.25) is 0 Å². The highest BCUT2D eigenvalue weighted by Crippen LogP contribution is 2.15. The number of unbranched alkanes of at least 4 members (excludes halogenated alkanes) is 2. The number of hydrogen-bond donors (Lipinski definition) is 0. The molecule has 0 rings (SSSR count). The zero-order valence-electron chi connectivity index (χ0n) is 14.6. The first-order valence-electron chi connectivity index (χ1n) is 8.09. The van der Waals surface area contributed by atoms with Gasteiger partial charge in [0.25, 0.3) is 0 Å². The average Bonchev–Trinajstić information content (AvgIpc) is 2.42. The van der Waals surface area contributed by atoms with Crippen LogP contribution in [0.4, 0.5) is 0 Å². The van der Waals surface area contributed by atoms with Crippen molar-refractivity contribution in [1.82, 2.24) is 0 Å². The topological polar surface area (TPSA) is 0 Å². The third kappa shape index (κ3) is 27.1. The fourth-order valence-corrected chi connectivity index (χ4v) is 3.10. The maximum Gasteiger partial charge on any atom is 0.118 e. The number of hydrogen-bond acceptors (Lipinski definition) is 0. The first-order chi connectivity index (χ1) is 8.69. The fourth-order valence-electron chi connectivity index (χ4n) is 1.96. The quantitative estimate of drug-likeness (QED) is 0.359. The highest BCUT2D eigenvalue weighted by atomic mass is 35.5. The molecule has 0 aliphatic heterocycles. The van der Waals surface area contributed by atoms with Crippen molar-refractivity contribution in [1.29, 1.82) is 0 Å². The summed E-state index contributed by atoms with van der Waals surface area (Å²) >= 11 is 5.67. The summed E-state index contributed by atoms with van der Waals surface area (Å²) in [4.78, 5) is 0. The third-order valence-electron chi connectivity index (χ3n) is 3.75. The van der Waals surface area contributed by atoms with Crippen LogP contribution in [0.25, 0.3) is 0 Å². The molecule has 128 valence electrons. The van der Waals surface area contributed by atoms with Crippen LogP contribution in [0, 0.1) is 11.8 Å². The lowest BCUT2D eigenvalue weighted by atomic mass is 10.0. The van der Waals surface area contributed by atoms with E-state index in [-0.39, 0.29) is 37.2 Å². The summed E-state index contributed by atoms with van der Waals surface area (Å²) in [6, 6.07) is 0. The molecular formula is C16H37Al2Cl3. The summed E-state index contributed by atoms with van der Waals surface area (Å²) in [5, 5.41) is 2.58. The standard InChI is InChI=1S/2C8H17.2Al.3ClH/c2*1-4-6-7-8(3)5-2;;;;;/h2*8H,3-7H2,1-2H3;;;3*1H. The predicted octanol–water partition coefficient (Wildman–Crippen LogP) is 6.84. The Morgan fingerprint density at radius 3 is 1.05 bits per heavy atom. The van der Waals surface area contributed by atoms with E-state index in [1.807, 2.05) is 0 Å². The summed E-state index contributed by atoms with van der Waals surface area (Å²) in [5.41, 5.74) is 0. The molecule has 2 unspecified atom stereocenters. The molecule has 0 spiro atoms. The molecule has 21 heavy (non-hydrogen) atoms. The molecule has 0 bridgehead atoms. The fraction of sp³-hybridized carbons (Fsp3) is 1.00. The van der Waals surface area contributed by atoms with Gasteiger partial charge in [-0.05, 0) is 0 Å². The minimum Gasteiger partial charge on any atom is -0.147 e. The molecule has 0 N–H and O–H groups in total. The van der Waals surface area contributed by atoms with Crippen LogP contribution in [0.3, 0.4) is 0 Å². The van der Waals surface area contributed by atoms with Gasteiger partial charge >= 0.3 is 0 Å². The van der Waals surface area contributed by atoms with E-state index in [9.17, 15) is 0 Å². The highest BCUT2D eigenvalue weighted by Gasteiger charge is 2.00. The van der Waals surface area contributed by atoms with Crippen LogP contribution >= 0.6 is 37.2 Å². The Morgan fingerprint density at radius 1 is 0.619 bits per heavy atom. The van der Waals surface area contributed by atoms with Crippen LogP contribution in [-0.2, 0) is 0 Å². The van der Waals surface area contributed by atoms with E-state index in [4.69, 9.17) is 0 Å². The van der Waals surface area contributed by atoms with Crippen LogP contribution in [0.1, 0.15) is 79.1 Å². The second-order valence-corrected chi connectivity index (χ2v) is 6.25. The van der Waals surface area contributed by atoms with Gasteiger partial charge in [-0.25, -0.2) is 0 Å². The Kier molecular flexibility index (Phi) is 48.8. The van der Waals surface area contributed by atoms with E-state index < -0.39 is 0 Å². The van der Waals surface area contributed by atoms with Gasteiger partial charge < -0.3 is 0 Å². The Hall–Kier alpha value is 1.93. The Bertz CT molecular complexity index is 125. The molecule has 0 nitrogen and oxygen atoms in total. The molecule has 0 saturated heterocycles. The van der Waals surface area contributed by atoms with Gasteiger partial charge in [-0.15, -0.1) is 47.8 Å². The predicted molar refractivity (Wildman–Crippen MR) is 109 cm³/mol. The monoisotopic (exact) mass is 388 g/mol. The molecule has 0 aliphatic carbocycles. The summed E-state index contributed by atoms with van der Waals surface area (Å²) in [6.45, 7) is 9.08. The summed E-state index contributed by atoms with van der Waals surface area (Å²) in [5.74, 6) is 1.94. The SMILES string of the molecule is CCCCC(CC)[CH2][Al].CCCCC(CC)[CH2][Al].Cl.Cl.Cl. The van der Waals surface area contributed by atoms with Gasteiger partial charge in [0.1, 0.15) is 32.6 Å². The summed E-state index contributed by atoms with van der Waals surface area (Å²) < 4.78 is 0. The van der Waals surface area contributed by atoms with Crippen LogP contribution in [0.15, 0.2) is 0 Å². The van der Waals surface area contributed by atoms with Crippen LogP contribution in [0.2, 0.25) is 10.6 Å². The van der Waals surface area contributed by atoms with E-state index in [0.717, 1.165) is 11.8 Å². The molecule has 2 atom stereocenters. The van der Waals surface area contributed by atoms with Crippen LogP contribution < -0.4 is 0 Å². The Balaban J connectivity index is -0.0000000711. The molecule has 0 aromatic heterocycles. The van der Waals surface area contributed by atoms with Crippen molar-refractivity contribution in [2.75, 3.05) is 0 Å². The lowest BCUT2D eigenvalue weighted by molar-refractivity contribution is 0.492. The summed E-state index contributed by atoms with van der Waals surface area (Å²) in [6.07, 6.45) is 11.1. The first-order valence-corrected chi connectivity index (χ1v) is 9.73. The van der Waals surface area contributed by atoms with E-state index in [2.05, 4.69) is 60.3 Å². The van der Waals surface area contributed by atoms with E-state index in [0.29, 0.717) is 0 Å². The first kappa shape index (κ1) is 34.3. The van der Waals surface area contributed by atoms with E-state index in [1.54, 1.807) is 0 Å². The zero-order chi connectivity index (χ0) is 14.2. The molecule has 0 amide bonds. The molecule has 0 aromatic carbocycles. The lowest BCUT2D eigenvalue weighted by Crippen LogP contribution is -1.96. The lowest BCUT2D eigenvalue weighted by Gasteiger charge is -2.10. The molecule has 0 aromatic rings.